The standard InChI is InChI=1S/C18H22F2N6.HI/c1-21-18(26-7-5-11(6-8-26)17-22-10-23-25-17)24-15-9-12(15)16-13(19)3-2-4-14(16)20;/h2-4,10-12,15H,5-9H2,1H3,(H,21,24)(H,22,23,25);1H. The Bertz CT molecular complexity index is 769. The Morgan fingerprint density at radius 2 is 1.96 bits per heavy atom. The summed E-state index contributed by atoms with van der Waals surface area (Å²) >= 11 is 0. The van der Waals surface area contributed by atoms with E-state index in [2.05, 4.69) is 30.4 Å². The molecule has 27 heavy (non-hydrogen) atoms. The summed E-state index contributed by atoms with van der Waals surface area (Å²) in [5.74, 6) is 1.03. The van der Waals surface area contributed by atoms with Gasteiger partial charge in [-0.15, -0.1) is 24.0 Å². The lowest BCUT2D eigenvalue weighted by Gasteiger charge is -2.33. The molecule has 1 aromatic heterocycles. The van der Waals surface area contributed by atoms with Crippen LogP contribution in [0.15, 0.2) is 29.5 Å². The molecule has 2 unspecified atom stereocenters. The number of aromatic nitrogens is 3. The predicted molar refractivity (Wildman–Crippen MR) is 109 cm³/mol. The summed E-state index contributed by atoms with van der Waals surface area (Å²) in [4.78, 5) is 10.8. The Labute approximate surface area is 173 Å². The van der Waals surface area contributed by atoms with Crippen molar-refractivity contribution in [2.24, 2.45) is 4.99 Å². The van der Waals surface area contributed by atoms with Crippen molar-refractivity contribution in [1.29, 1.82) is 0 Å². The molecule has 1 saturated carbocycles. The van der Waals surface area contributed by atoms with Crippen molar-refractivity contribution in [3.05, 3.63) is 47.5 Å². The maximum atomic E-state index is 13.9. The topological polar surface area (TPSA) is 69.2 Å². The summed E-state index contributed by atoms with van der Waals surface area (Å²) in [6.45, 7) is 1.72. The van der Waals surface area contributed by atoms with E-state index in [4.69, 9.17) is 0 Å². The smallest absolute Gasteiger partial charge is 0.193 e. The molecular weight excluding hydrogens is 465 g/mol. The van der Waals surface area contributed by atoms with Crippen molar-refractivity contribution in [1.82, 2.24) is 25.4 Å². The van der Waals surface area contributed by atoms with E-state index < -0.39 is 11.6 Å². The minimum absolute atomic E-state index is 0. The molecule has 0 bridgehead atoms. The van der Waals surface area contributed by atoms with Crippen molar-refractivity contribution >= 4 is 29.9 Å². The van der Waals surface area contributed by atoms with Crippen LogP contribution in [0.5, 0.6) is 0 Å². The van der Waals surface area contributed by atoms with Crippen LogP contribution in [-0.4, -0.2) is 52.2 Å². The van der Waals surface area contributed by atoms with E-state index in [1.54, 1.807) is 7.05 Å². The highest BCUT2D eigenvalue weighted by molar-refractivity contribution is 14.0. The van der Waals surface area contributed by atoms with Gasteiger partial charge in [-0.05, 0) is 31.4 Å². The van der Waals surface area contributed by atoms with Crippen molar-refractivity contribution in [2.45, 2.75) is 37.1 Å². The second kappa shape index (κ2) is 8.49. The quantitative estimate of drug-likeness (QED) is 0.396. The number of aliphatic imine (C=N–C) groups is 1. The monoisotopic (exact) mass is 488 g/mol. The summed E-state index contributed by atoms with van der Waals surface area (Å²) in [7, 11) is 1.74. The average Bonchev–Trinajstić information content (AvgIpc) is 3.17. The van der Waals surface area contributed by atoms with E-state index in [0.717, 1.165) is 37.7 Å². The average molecular weight is 488 g/mol. The van der Waals surface area contributed by atoms with Crippen LogP contribution in [-0.2, 0) is 0 Å². The van der Waals surface area contributed by atoms with Gasteiger partial charge in [0.25, 0.3) is 0 Å². The number of benzene rings is 1. The maximum Gasteiger partial charge on any atom is 0.193 e. The normalized spacial score (nSPS) is 23.1. The first-order valence-electron chi connectivity index (χ1n) is 8.94. The van der Waals surface area contributed by atoms with E-state index in [0.29, 0.717) is 12.3 Å². The van der Waals surface area contributed by atoms with Crippen molar-refractivity contribution in [3.8, 4) is 0 Å². The van der Waals surface area contributed by atoms with Crippen molar-refractivity contribution in [3.63, 3.8) is 0 Å². The molecule has 1 saturated heterocycles. The molecule has 0 radical (unpaired) electrons. The number of likely N-dealkylation sites (tertiary alicyclic amines) is 1. The first-order chi connectivity index (χ1) is 12.7. The Balaban J connectivity index is 0.00000210. The van der Waals surface area contributed by atoms with E-state index in [1.807, 2.05) is 0 Å². The molecule has 2 heterocycles. The summed E-state index contributed by atoms with van der Waals surface area (Å²) in [5.41, 5.74) is 0.185. The number of hydrogen-bond acceptors (Lipinski definition) is 3. The molecule has 2 aliphatic rings. The third kappa shape index (κ3) is 4.22. The van der Waals surface area contributed by atoms with Gasteiger partial charge in [0.1, 0.15) is 23.8 Å². The van der Waals surface area contributed by atoms with Crippen LogP contribution in [0, 0.1) is 11.6 Å². The highest BCUT2D eigenvalue weighted by Crippen LogP contribution is 2.43. The van der Waals surface area contributed by atoms with E-state index >= 15 is 0 Å². The maximum absolute atomic E-state index is 13.9. The number of H-pyrrole nitrogens is 1. The largest absolute Gasteiger partial charge is 0.353 e. The highest BCUT2D eigenvalue weighted by Gasteiger charge is 2.43. The molecule has 2 atom stereocenters. The number of piperidine rings is 1. The van der Waals surface area contributed by atoms with Gasteiger partial charge in [0.15, 0.2) is 5.96 Å². The summed E-state index contributed by atoms with van der Waals surface area (Å²) in [5, 5.41) is 10.2. The first kappa shape index (κ1) is 20.0. The number of rotatable bonds is 3. The number of halogens is 3. The molecule has 2 fully saturated rings. The van der Waals surface area contributed by atoms with Gasteiger partial charge in [-0.2, -0.15) is 5.10 Å². The van der Waals surface area contributed by atoms with Gasteiger partial charge in [-0.25, -0.2) is 13.8 Å². The third-order valence-corrected chi connectivity index (χ3v) is 5.30. The molecule has 2 N–H and O–H groups in total. The fraction of sp³-hybridized carbons (Fsp3) is 0.500. The first-order valence-corrected chi connectivity index (χ1v) is 8.94. The minimum Gasteiger partial charge on any atom is -0.353 e. The van der Waals surface area contributed by atoms with Crippen molar-refractivity contribution < 1.29 is 8.78 Å². The van der Waals surface area contributed by atoms with Crippen LogP contribution in [0.3, 0.4) is 0 Å². The minimum atomic E-state index is -0.470. The van der Waals surface area contributed by atoms with Crippen LogP contribution in [0.4, 0.5) is 8.78 Å². The van der Waals surface area contributed by atoms with Crippen LogP contribution in [0.25, 0.3) is 0 Å². The summed E-state index contributed by atoms with van der Waals surface area (Å²) < 4.78 is 27.9. The number of hydrogen-bond donors (Lipinski definition) is 2. The molecule has 146 valence electrons. The Morgan fingerprint density at radius 3 is 2.56 bits per heavy atom. The van der Waals surface area contributed by atoms with Gasteiger partial charge in [-0.1, -0.05) is 6.07 Å². The molecule has 1 aromatic carbocycles. The van der Waals surface area contributed by atoms with Crippen LogP contribution in [0.2, 0.25) is 0 Å². The number of guanidine groups is 1. The molecule has 1 aliphatic carbocycles. The lowest BCUT2D eigenvalue weighted by molar-refractivity contribution is 0.298. The van der Waals surface area contributed by atoms with Crippen LogP contribution < -0.4 is 5.32 Å². The highest BCUT2D eigenvalue weighted by atomic mass is 127. The van der Waals surface area contributed by atoms with Crippen molar-refractivity contribution in [2.75, 3.05) is 20.1 Å². The fourth-order valence-corrected chi connectivity index (χ4v) is 3.78. The zero-order chi connectivity index (χ0) is 18.1. The lowest BCUT2D eigenvalue weighted by Crippen LogP contribution is -2.46. The lowest BCUT2D eigenvalue weighted by atomic mass is 9.96. The number of nitrogens with one attached hydrogen (secondary N) is 2. The van der Waals surface area contributed by atoms with Gasteiger partial charge in [0, 0.05) is 43.6 Å². The molecule has 9 heteroatoms. The molecular formula is C18H23F2IN6. The summed E-state index contributed by atoms with van der Waals surface area (Å²) in [6, 6.07) is 4.05. The van der Waals surface area contributed by atoms with Crippen LogP contribution >= 0.6 is 24.0 Å². The molecule has 6 nitrogen and oxygen atoms in total. The second-order valence-corrected chi connectivity index (χ2v) is 6.91. The van der Waals surface area contributed by atoms with Gasteiger partial charge >= 0.3 is 0 Å². The Morgan fingerprint density at radius 1 is 1.26 bits per heavy atom. The fourth-order valence-electron chi connectivity index (χ4n) is 3.78. The van der Waals surface area contributed by atoms with Gasteiger partial charge < -0.3 is 10.2 Å². The van der Waals surface area contributed by atoms with Gasteiger partial charge in [0.2, 0.25) is 0 Å². The zero-order valence-electron chi connectivity index (χ0n) is 15.0. The van der Waals surface area contributed by atoms with E-state index in [1.165, 1.54) is 24.5 Å². The third-order valence-electron chi connectivity index (χ3n) is 5.30. The summed E-state index contributed by atoms with van der Waals surface area (Å²) in [6.07, 6.45) is 4.18. The van der Waals surface area contributed by atoms with E-state index in [-0.39, 0.29) is 41.5 Å². The predicted octanol–water partition coefficient (Wildman–Crippen LogP) is 3.01. The van der Waals surface area contributed by atoms with Gasteiger partial charge in [-0.3, -0.25) is 10.1 Å². The van der Waals surface area contributed by atoms with E-state index in [9.17, 15) is 8.78 Å². The van der Waals surface area contributed by atoms with Crippen LogP contribution in [0.1, 0.15) is 42.5 Å². The number of nitrogens with zero attached hydrogens (tertiary/aromatic N) is 4. The Kier molecular flexibility index (Phi) is 6.28. The molecule has 2 aromatic rings. The molecule has 1 aliphatic heterocycles. The molecule has 0 amide bonds. The SMILES string of the molecule is CN=C(NC1CC1c1c(F)cccc1F)N1CCC(c2ncn[nH]2)CC1.I. The number of aromatic amines is 1. The second-order valence-electron chi connectivity index (χ2n) is 6.91. The zero-order valence-corrected chi connectivity index (χ0v) is 17.4. The Hall–Kier alpha value is -1.78. The molecule has 0 spiro atoms. The molecule has 4 rings (SSSR count). The van der Waals surface area contributed by atoms with Gasteiger partial charge in [0.05, 0.1) is 0 Å².